The summed E-state index contributed by atoms with van der Waals surface area (Å²) in [6.45, 7) is 4.03. The monoisotopic (exact) mass is 167 g/mol. The molecule has 66 valence electrons. The maximum absolute atomic E-state index is 5.73. The summed E-state index contributed by atoms with van der Waals surface area (Å²) in [7, 11) is 0. The van der Waals surface area contributed by atoms with E-state index >= 15 is 0 Å². The molecule has 1 heterocycles. The first-order valence-corrected chi connectivity index (χ1v) is 3.78. The Hall–Kier alpha value is -1.29. The number of nitrogens with two attached hydrogens (primary N) is 2. The fourth-order valence-electron chi connectivity index (χ4n) is 1.03. The highest BCUT2D eigenvalue weighted by Crippen LogP contribution is 2.27. The van der Waals surface area contributed by atoms with Gasteiger partial charge >= 0.3 is 0 Å². The predicted octanol–water partition coefficient (Wildman–Crippen LogP) is 1.04. The van der Waals surface area contributed by atoms with Crippen molar-refractivity contribution in [1.29, 1.82) is 0 Å². The fraction of sp³-hybridized carbons (Fsp3) is 0.375. The molecule has 1 aromatic heterocycles. The topological polar surface area (TPSA) is 74.2 Å². The van der Waals surface area contributed by atoms with Gasteiger partial charge in [-0.3, -0.25) is 4.98 Å². The van der Waals surface area contributed by atoms with Crippen LogP contribution in [0.15, 0.2) is 12.3 Å². The van der Waals surface area contributed by atoms with Crippen molar-refractivity contribution in [1.82, 2.24) is 4.98 Å². The molecule has 0 unspecified atom stereocenters. The number of pyridine rings is 1. The van der Waals surface area contributed by atoms with Crippen LogP contribution in [0.25, 0.3) is 0 Å². The van der Waals surface area contributed by atoms with Crippen molar-refractivity contribution in [3.63, 3.8) is 0 Å². The van der Waals surface area contributed by atoms with E-state index in [-0.39, 0.29) is 5.92 Å². The molecular weight excluding hydrogens is 154 g/mol. The molecular formula is C8H13N3O. The van der Waals surface area contributed by atoms with Crippen LogP contribution in [0.4, 0.5) is 5.69 Å². The van der Waals surface area contributed by atoms with Crippen molar-refractivity contribution >= 4 is 5.69 Å². The van der Waals surface area contributed by atoms with E-state index in [0.717, 1.165) is 5.69 Å². The molecule has 0 aliphatic carbocycles. The molecule has 4 heteroatoms. The highest BCUT2D eigenvalue weighted by atomic mass is 16.6. The highest BCUT2D eigenvalue weighted by molar-refractivity contribution is 5.56. The Morgan fingerprint density at radius 1 is 1.50 bits per heavy atom. The van der Waals surface area contributed by atoms with E-state index in [1.54, 1.807) is 12.3 Å². The second kappa shape index (κ2) is 3.40. The summed E-state index contributed by atoms with van der Waals surface area (Å²) in [4.78, 5) is 8.70. The third-order valence-electron chi connectivity index (χ3n) is 1.65. The Labute approximate surface area is 71.5 Å². The zero-order valence-electron chi connectivity index (χ0n) is 7.24. The van der Waals surface area contributed by atoms with Gasteiger partial charge in [0.25, 0.3) is 0 Å². The van der Waals surface area contributed by atoms with Gasteiger partial charge in [-0.2, -0.15) is 5.90 Å². The van der Waals surface area contributed by atoms with Crippen LogP contribution in [0.3, 0.4) is 0 Å². The van der Waals surface area contributed by atoms with Gasteiger partial charge in [0, 0.05) is 12.3 Å². The second-order valence-electron chi connectivity index (χ2n) is 2.88. The molecule has 0 aliphatic heterocycles. The molecule has 12 heavy (non-hydrogen) atoms. The number of nitrogens with zero attached hydrogens (tertiary/aromatic N) is 1. The van der Waals surface area contributed by atoms with Crippen LogP contribution in [-0.2, 0) is 0 Å². The molecule has 0 saturated heterocycles. The molecule has 1 aromatic rings. The van der Waals surface area contributed by atoms with E-state index in [0.29, 0.717) is 11.4 Å². The van der Waals surface area contributed by atoms with Crippen molar-refractivity contribution in [2.75, 3.05) is 5.73 Å². The smallest absolute Gasteiger partial charge is 0.173 e. The summed E-state index contributed by atoms with van der Waals surface area (Å²) in [6.07, 6.45) is 1.63. The van der Waals surface area contributed by atoms with E-state index in [1.807, 2.05) is 13.8 Å². The summed E-state index contributed by atoms with van der Waals surface area (Å²) in [5.41, 5.74) is 7.07. The standard InChI is InChI=1S/C8H13N3O/c1-5(2)8-7(9)6(12-10)3-4-11-8/h3-5H,9-10H2,1-2H3. The molecule has 0 radical (unpaired) electrons. The van der Waals surface area contributed by atoms with E-state index in [4.69, 9.17) is 11.6 Å². The maximum Gasteiger partial charge on any atom is 0.173 e. The highest BCUT2D eigenvalue weighted by Gasteiger charge is 2.09. The average Bonchev–Trinajstić information content (AvgIpc) is 2.04. The van der Waals surface area contributed by atoms with Gasteiger partial charge < -0.3 is 10.6 Å². The number of hydrogen-bond acceptors (Lipinski definition) is 4. The van der Waals surface area contributed by atoms with E-state index < -0.39 is 0 Å². The summed E-state index contributed by atoms with van der Waals surface area (Å²) in [6, 6.07) is 1.64. The van der Waals surface area contributed by atoms with E-state index in [9.17, 15) is 0 Å². The van der Waals surface area contributed by atoms with Crippen molar-refractivity contribution in [3.8, 4) is 5.75 Å². The van der Waals surface area contributed by atoms with Crippen molar-refractivity contribution in [3.05, 3.63) is 18.0 Å². The second-order valence-corrected chi connectivity index (χ2v) is 2.88. The van der Waals surface area contributed by atoms with Gasteiger partial charge in [0.05, 0.1) is 11.4 Å². The summed E-state index contributed by atoms with van der Waals surface area (Å²) >= 11 is 0. The van der Waals surface area contributed by atoms with Crippen LogP contribution in [-0.4, -0.2) is 4.98 Å². The minimum atomic E-state index is 0.278. The van der Waals surface area contributed by atoms with Crippen LogP contribution in [0.1, 0.15) is 25.5 Å². The Bertz CT molecular complexity index is 273. The zero-order chi connectivity index (χ0) is 9.14. The Morgan fingerprint density at radius 3 is 2.67 bits per heavy atom. The van der Waals surface area contributed by atoms with Crippen LogP contribution in [0.5, 0.6) is 5.75 Å². The Balaban J connectivity index is 3.14. The number of rotatable bonds is 2. The first-order chi connectivity index (χ1) is 5.66. The fourth-order valence-corrected chi connectivity index (χ4v) is 1.03. The third kappa shape index (κ3) is 1.48. The minimum Gasteiger partial charge on any atom is -0.409 e. The van der Waals surface area contributed by atoms with Gasteiger partial charge in [-0.15, -0.1) is 0 Å². The largest absolute Gasteiger partial charge is 0.409 e. The Morgan fingerprint density at radius 2 is 2.17 bits per heavy atom. The van der Waals surface area contributed by atoms with Gasteiger partial charge in [0.2, 0.25) is 0 Å². The molecule has 0 bridgehead atoms. The molecule has 0 saturated carbocycles. The zero-order valence-corrected chi connectivity index (χ0v) is 7.24. The Kier molecular flexibility index (Phi) is 2.50. The summed E-state index contributed by atoms with van der Waals surface area (Å²) < 4.78 is 0. The number of hydrogen-bond donors (Lipinski definition) is 2. The molecule has 0 fully saturated rings. The molecule has 1 rings (SSSR count). The lowest BCUT2D eigenvalue weighted by Gasteiger charge is -2.10. The predicted molar refractivity (Wildman–Crippen MR) is 47.6 cm³/mol. The SMILES string of the molecule is CC(C)c1nccc(ON)c1N. The first kappa shape index (κ1) is 8.80. The lowest BCUT2D eigenvalue weighted by atomic mass is 10.1. The van der Waals surface area contributed by atoms with Gasteiger partial charge in [-0.1, -0.05) is 13.8 Å². The molecule has 4 nitrogen and oxygen atoms in total. The van der Waals surface area contributed by atoms with Gasteiger partial charge in [0.1, 0.15) is 0 Å². The summed E-state index contributed by atoms with van der Waals surface area (Å²) in [5.74, 6) is 5.77. The first-order valence-electron chi connectivity index (χ1n) is 3.78. The van der Waals surface area contributed by atoms with Crippen LogP contribution in [0, 0.1) is 0 Å². The molecule has 0 atom stereocenters. The van der Waals surface area contributed by atoms with Gasteiger partial charge in [-0.05, 0) is 5.92 Å². The van der Waals surface area contributed by atoms with Crippen molar-refractivity contribution < 1.29 is 4.84 Å². The lowest BCUT2D eigenvalue weighted by molar-refractivity contribution is 0.335. The quantitative estimate of drug-likeness (QED) is 0.645. The molecule has 0 aliphatic rings. The molecule has 4 N–H and O–H groups in total. The van der Waals surface area contributed by atoms with Gasteiger partial charge in [-0.25, -0.2) is 0 Å². The van der Waals surface area contributed by atoms with E-state index in [1.165, 1.54) is 0 Å². The molecule has 0 amide bonds. The minimum absolute atomic E-state index is 0.278. The van der Waals surface area contributed by atoms with Crippen molar-refractivity contribution in [2.24, 2.45) is 5.90 Å². The number of anilines is 1. The van der Waals surface area contributed by atoms with Crippen LogP contribution < -0.4 is 16.5 Å². The van der Waals surface area contributed by atoms with Crippen molar-refractivity contribution in [2.45, 2.75) is 19.8 Å². The van der Waals surface area contributed by atoms with Crippen LogP contribution in [0.2, 0.25) is 0 Å². The maximum atomic E-state index is 5.73. The number of nitrogen functional groups attached to an aromatic ring is 1. The molecule has 0 aromatic carbocycles. The normalized spacial score (nSPS) is 10.3. The molecule has 0 spiro atoms. The third-order valence-corrected chi connectivity index (χ3v) is 1.65. The number of aromatic nitrogens is 1. The van der Waals surface area contributed by atoms with E-state index in [2.05, 4.69) is 9.82 Å². The lowest BCUT2D eigenvalue weighted by Crippen LogP contribution is -2.08. The van der Waals surface area contributed by atoms with Gasteiger partial charge in [0.15, 0.2) is 5.75 Å². The van der Waals surface area contributed by atoms with Crippen LogP contribution >= 0.6 is 0 Å². The average molecular weight is 167 g/mol. The summed E-state index contributed by atoms with van der Waals surface area (Å²) in [5, 5.41) is 0.